The molecule has 3 aliphatic rings. The fourth-order valence-corrected chi connectivity index (χ4v) is 6.50. The van der Waals surface area contributed by atoms with E-state index in [1.165, 1.54) is 23.7 Å². The molecule has 6 heteroatoms. The quantitative estimate of drug-likeness (QED) is 0.720. The van der Waals surface area contributed by atoms with Crippen molar-refractivity contribution in [3.8, 4) is 5.75 Å². The molecule has 2 aliphatic heterocycles. The first-order chi connectivity index (χ1) is 14.1. The third kappa shape index (κ3) is 4.64. The Morgan fingerprint density at radius 3 is 2.34 bits per heavy atom. The molecule has 1 aromatic heterocycles. The summed E-state index contributed by atoms with van der Waals surface area (Å²) in [6.07, 6.45) is 8.97. The van der Waals surface area contributed by atoms with Crippen LogP contribution in [0.2, 0.25) is 0 Å². The minimum absolute atomic E-state index is 0.273. The molecule has 0 radical (unpaired) electrons. The van der Waals surface area contributed by atoms with Crippen LogP contribution in [0.3, 0.4) is 0 Å². The van der Waals surface area contributed by atoms with Crippen molar-refractivity contribution in [2.45, 2.75) is 51.2 Å². The van der Waals surface area contributed by atoms with Gasteiger partial charge in [0.15, 0.2) is 0 Å². The van der Waals surface area contributed by atoms with Gasteiger partial charge < -0.3 is 14.2 Å². The lowest BCUT2D eigenvalue weighted by Gasteiger charge is -2.35. The van der Waals surface area contributed by atoms with E-state index in [-0.39, 0.29) is 6.10 Å². The van der Waals surface area contributed by atoms with Crippen LogP contribution in [0.5, 0.6) is 5.75 Å². The first-order valence-corrected chi connectivity index (χ1v) is 13.1. The van der Waals surface area contributed by atoms with Crippen molar-refractivity contribution in [2.24, 2.45) is 11.8 Å². The summed E-state index contributed by atoms with van der Waals surface area (Å²) in [5.41, 5.74) is 1.29. The highest BCUT2D eigenvalue weighted by atomic mass is 32.2. The maximum absolute atomic E-state index is 11.6. The summed E-state index contributed by atoms with van der Waals surface area (Å²) < 4.78 is 32.1. The van der Waals surface area contributed by atoms with Crippen molar-refractivity contribution in [2.75, 3.05) is 31.1 Å². The average Bonchev–Trinajstić information content (AvgIpc) is 3.44. The number of ether oxygens (including phenoxy) is 1. The van der Waals surface area contributed by atoms with Gasteiger partial charge in [-0.15, -0.1) is 0 Å². The van der Waals surface area contributed by atoms with Crippen molar-refractivity contribution in [3.63, 3.8) is 0 Å². The lowest BCUT2D eigenvalue weighted by atomic mass is 10.00. The van der Waals surface area contributed by atoms with Crippen LogP contribution in [0.25, 0.3) is 10.9 Å². The predicted molar refractivity (Wildman–Crippen MR) is 116 cm³/mol. The fourth-order valence-electron chi connectivity index (χ4n) is 4.91. The Balaban J connectivity index is 1.15. The molecule has 0 atom stereocenters. The van der Waals surface area contributed by atoms with E-state index in [1.807, 2.05) is 0 Å². The molecule has 29 heavy (non-hydrogen) atoms. The second kappa shape index (κ2) is 7.95. The Labute approximate surface area is 173 Å². The van der Waals surface area contributed by atoms with Crippen molar-refractivity contribution in [3.05, 3.63) is 30.5 Å². The molecule has 0 spiro atoms. The Morgan fingerprint density at radius 2 is 1.62 bits per heavy atom. The van der Waals surface area contributed by atoms with Gasteiger partial charge in [-0.25, -0.2) is 8.42 Å². The number of likely N-dealkylation sites (tertiary alicyclic amines) is 1. The van der Waals surface area contributed by atoms with Crippen LogP contribution in [-0.2, 0) is 16.4 Å². The summed E-state index contributed by atoms with van der Waals surface area (Å²) in [5, 5.41) is 1.24. The van der Waals surface area contributed by atoms with Gasteiger partial charge in [0.05, 0.1) is 17.0 Å². The number of aromatic nitrogens is 1. The molecule has 0 bridgehead atoms. The summed E-state index contributed by atoms with van der Waals surface area (Å²) in [7, 11) is -2.76. The van der Waals surface area contributed by atoms with E-state index in [9.17, 15) is 8.42 Å². The minimum atomic E-state index is -2.76. The summed E-state index contributed by atoms with van der Waals surface area (Å²) in [5.74, 6) is 3.18. The maximum Gasteiger partial charge on any atom is 0.150 e. The van der Waals surface area contributed by atoms with Gasteiger partial charge in [-0.3, -0.25) is 0 Å². The van der Waals surface area contributed by atoms with Gasteiger partial charge in [0, 0.05) is 37.8 Å². The molecule has 2 aromatic rings. The smallest absolute Gasteiger partial charge is 0.150 e. The van der Waals surface area contributed by atoms with Crippen LogP contribution >= 0.6 is 0 Å². The summed E-state index contributed by atoms with van der Waals surface area (Å²) in [6, 6.07) is 8.64. The SMILES string of the molecule is O=S1(=O)CCC(CN2CCC(Oc3cccc4c3ccn4CC3CC3)CC2)CC1. The predicted octanol–water partition coefficient (Wildman–Crippen LogP) is 3.72. The number of piperidine rings is 1. The lowest BCUT2D eigenvalue weighted by molar-refractivity contribution is 0.0910. The van der Waals surface area contributed by atoms with Crippen molar-refractivity contribution in [1.82, 2.24) is 9.47 Å². The number of hydrogen-bond acceptors (Lipinski definition) is 4. The van der Waals surface area contributed by atoms with Crippen LogP contribution in [-0.4, -0.2) is 55.1 Å². The zero-order chi connectivity index (χ0) is 19.8. The molecular weight excluding hydrogens is 384 g/mol. The second-order valence-electron chi connectivity index (χ2n) is 9.31. The zero-order valence-electron chi connectivity index (χ0n) is 17.1. The Morgan fingerprint density at radius 1 is 0.897 bits per heavy atom. The molecule has 2 saturated heterocycles. The third-order valence-electron chi connectivity index (χ3n) is 6.94. The van der Waals surface area contributed by atoms with E-state index < -0.39 is 9.84 Å². The van der Waals surface area contributed by atoms with Crippen LogP contribution in [0.4, 0.5) is 0 Å². The third-order valence-corrected chi connectivity index (χ3v) is 8.66. The monoisotopic (exact) mass is 416 g/mol. The molecule has 0 N–H and O–H groups in total. The summed E-state index contributed by atoms with van der Waals surface area (Å²) in [6.45, 7) is 4.27. The van der Waals surface area contributed by atoms with Gasteiger partial charge in [0.2, 0.25) is 0 Å². The highest BCUT2D eigenvalue weighted by Gasteiger charge is 2.28. The topological polar surface area (TPSA) is 51.5 Å². The van der Waals surface area contributed by atoms with Crippen molar-refractivity contribution in [1.29, 1.82) is 0 Å². The summed E-state index contributed by atoms with van der Waals surface area (Å²) in [4.78, 5) is 2.51. The number of fused-ring (bicyclic) bond motifs is 1. The molecule has 1 aliphatic carbocycles. The van der Waals surface area contributed by atoms with Gasteiger partial charge in [0.1, 0.15) is 21.7 Å². The van der Waals surface area contributed by atoms with Gasteiger partial charge in [-0.2, -0.15) is 0 Å². The molecule has 0 amide bonds. The highest BCUT2D eigenvalue weighted by molar-refractivity contribution is 7.91. The maximum atomic E-state index is 11.6. The van der Waals surface area contributed by atoms with E-state index in [2.05, 4.69) is 39.9 Å². The number of rotatable bonds is 6. The Kier molecular flexibility index (Phi) is 5.33. The highest BCUT2D eigenvalue weighted by Crippen LogP contribution is 2.34. The second-order valence-corrected chi connectivity index (χ2v) is 11.6. The molecule has 5 rings (SSSR count). The van der Waals surface area contributed by atoms with E-state index in [4.69, 9.17) is 4.74 Å². The number of nitrogens with zero attached hydrogens (tertiary/aromatic N) is 2. The normalized spacial score (nSPS) is 24.1. The largest absolute Gasteiger partial charge is 0.490 e. The lowest BCUT2D eigenvalue weighted by Crippen LogP contribution is -2.42. The number of sulfone groups is 1. The molecular formula is C23H32N2O3S. The standard InChI is InChI=1S/C23H32N2O3S/c26-29(27)14-9-19(10-15-29)16-24-11-6-20(7-12-24)28-23-3-1-2-22-21(23)8-13-25(22)17-18-4-5-18/h1-3,8,13,18-20H,4-7,9-12,14-17H2. The molecule has 3 heterocycles. The van der Waals surface area contributed by atoms with Gasteiger partial charge >= 0.3 is 0 Å². The molecule has 5 nitrogen and oxygen atoms in total. The molecule has 1 aromatic carbocycles. The van der Waals surface area contributed by atoms with Crippen LogP contribution in [0, 0.1) is 11.8 Å². The van der Waals surface area contributed by atoms with E-state index >= 15 is 0 Å². The average molecular weight is 417 g/mol. The fraction of sp³-hybridized carbons (Fsp3) is 0.652. The van der Waals surface area contributed by atoms with Gasteiger partial charge in [-0.1, -0.05) is 6.07 Å². The molecule has 0 unspecified atom stereocenters. The first kappa shape index (κ1) is 19.4. The molecule has 3 fully saturated rings. The summed E-state index contributed by atoms with van der Waals surface area (Å²) >= 11 is 0. The van der Waals surface area contributed by atoms with Gasteiger partial charge in [0.25, 0.3) is 0 Å². The van der Waals surface area contributed by atoms with Crippen LogP contribution in [0.15, 0.2) is 30.5 Å². The molecule has 1 saturated carbocycles. The Bertz CT molecular complexity index is 942. The van der Waals surface area contributed by atoms with E-state index in [0.29, 0.717) is 17.4 Å². The van der Waals surface area contributed by atoms with Crippen LogP contribution < -0.4 is 4.74 Å². The minimum Gasteiger partial charge on any atom is -0.490 e. The number of hydrogen-bond donors (Lipinski definition) is 0. The Hall–Kier alpha value is -1.53. The van der Waals surface area contributed by atoms with E-state index in [0.717, 1.165) is 63.5 Å². The van der Waals surface area contributed by atoms with Crippen molar-refractivity contribution < 1.29 is 13.2 Å². The molecule has 158 valence electrons. The van der Waals surface area contributed by atoms with Crippen LogP contribution in [0.1, 0.15) is 38.5 Å². The number of benzene rings is 1. The van der Waals surface area contributed by atoms with Crippen molar-refractivity contribution >= 4 is 20.7 Å². The first-order valence-electron chi connectivity index (χ1n) is 11.2. The van der Waals surface area contributed by atoms with Gasteiger partial charge in [-0.05, 0) is 68.6 Å². The zero-order valence-corrected chi connectivity index (χ0v) is 17.9. The van der Waals surface area contributed by atoms with E-state index in [1.54, 1.807) is 0 Å².